The van der Waals surface area contributed by atoms with Gasteiger partial charge in [0.1, 0.15) is 23.6 Å². The Labute approximate surface area is 357 Å². The Morgan fingerprint density at radius 1 is 1.00 bits per heavy atom. The number of aromatic nitrogens is 5. The molecule has 6 heterocycles. The summed E-state index contributed by atoms with van der Waals surface area (Å²) >= 11 is 0. The predicted molar refractivity (Wildman–Crippen MR) is 237 cm³/mol. The second-order valence-electron chi connectivity index (χ2n) is 17.5. The number of carbonyl (C=O) groups is 2. The summed E-state index contributed by atoms with van der Waals surface area (Å²) in [4.78, 5) is 46.1. The molecule has 61 heavy (non-hydrogen) atoms. The Morgan fingerprint density at radius 3 is 2.34 bits per heavy atom. The molecular formula is C47H61N9O5. The summed E-state index contributed by atoms with van der Waals surface area (Å²) in [7, 11) is 1.33. The normalized spacial score (nSPS) is 20.4. The van der Waals surface area contributed by atoms with Crippen LogP contribution in [0.1, 0.15) is 115 Å². The number of aliphatic hydroxyl groups is 1. The first-order chi connectivity index (χ1) is 29.4. The fourth-order valence-corrected chi connectivity index (χ4v) is 9.52. The molecule has 3 aromatic heterocycles. The number of aromatic amines is 2. The lowest BCUT2D eigenvalue weighted by atomic mass is 9.99. The molecule has 6 unspecified atom stereocenters. The summed E-state index contributed by atoms with van der Waals surface area (Å²) in [6, 6.07) is 11.5. The van der Waals surface area contributed by atoms with Gasteiger partial charge < -0.3 is 45.1 Å². The van der Waals surface area contributed by atoms with Crippen molar-refractivity contribution in [2.24, 2.45) is 17.6 Å². The van der Waals surface area contributed by atoms with Crippen molar-refractivity contribution in [3.8, 4) is 39.5 Å². The highest BCUT2D eigenvalue weighted by atomic mass is 16.5. The molecule has 0 saturated carbocycles. The van der Waals surface area contributed by atoms with Gasteiger partial charge in [-0.3, -0.25) is 9.69 Å². The number of likely N-dealkylation sites (tertiary alicyclic amines) is 2. The molecule has 6 atom stereocenters. The maximum Gasteiger partial charge on any atom is 0.407 e. The lowest BCUT2D eigenvalue weighted by Crippen LogP contribution is -2.54. The van der Waals surface area contributed by atoms with E-state index in [1.165, 1.54) is 7.11 Å². The molecule has 8 rings (SSSR count). The molecule has 3 aliphatic heterocycles. The molecule has 2 fully saturated rings. The zero-order valence-electron chi connectivity index (χ0n) is 36.3. The van der Waals surface area contributed by atoms with Crippen LogP contribution in [-0.4, -0.2) is 89.9 Å². The molecule has 14 heteroatoms. The number of hydrogen-bond acceptors (Lipinski definition) is 9. The van der Waals surface area contributed by atoms with Crippen molar-refractivity contribution in [2.75, 3.05) is 20.2 Å². The number of aliphatic hydroxyl groups excluding tert-OH is 1. The third-order valence-corrected chi connectivity index (χ3v) is 13.0. The average molecular weight is 832 g/mol. The summed E-state index contributed by atoms with van der Waals surface area (Å²) in [5.41, 5.74) is 14.1. The van der Waals surface area contributed by atoms with E-state index in [0.717, 1.165) is 113 Å². The van der Waals surface area contributed by atoms with E-state index in [1.807, 2.05) is 56.0 Å². The van der Waals surface area contributed by atoms with Crippen LogP contribution in [0.2, 0.25) is 0 Å². The molecule has 2 amide bonds. The molecule has 3 aliphatic rings. The van der Waals surface area contributed by atoms with Gasteiger partial charge in [0, 0.05) is 47.2 Å². The van der Waals surface area contributed by atoms with Crippen LogP contribution >= 0.6 is 0 Å². The number of amides is 2. The van der Waals surface area contributed by atoms with Crippen LogP contribution < -0.4 is 15.8 Å². The van der Waals surface area contributed by atoms with Gasteiger partial charge in [0.05, 0.1) is 66.3 Å². The summed E-state index contributed by atoms with van der Waals surface area (Å²) in [6.07, 6.45) is 10.3. The number of unbranched alkanes of at least 4 members (excludes halogenated alkanes) is 1. The Hall–Kier alpha value is -5.44. The van der Waals surface area contributed by atoms with Crippen LogP contribution in [0.4, 0.5) is 4.79 Å². The molecule has 5 aromatic rings. The van der Waals surface area contributed by atoms with Gasteiger partial charge in [-0.2, -0.15) is 0 Å². The molecule has 2 aromatic carbocycles. The van der Waals surface area contributed by atoms with Crippen LogP contribution in [0.25, 0.3) is 50.8 Å². The highest BCUT2D eigenvalue weighted by Crippen LogP contribution is 2.48. The Kier molecular flexibility index (Phi) is 12.1. The van der Waals surface area contributed by atoms with Gasteiger partial charge >= 0.3 is 6.09 Å². The van der Waals surface area contributed by atoms with Gasteiger partial charge in [-0.05, 0) is 68.2 Å². The van der Waals surface area contributed by atoms with Crippen molar-refractivity contribution < 1.29 is 24.2 Å². The van der Waals surface area contributed by atoms with E-state index in [0.29, 0.717) is 13.1 Å². The van der Waals surface area contributed by atoms with Crippen molar-refractivity contribution in [1.82, 2.24) is 39.6 Å². The average Bonchev–Trinajstić information content (AvgIpc) is 4.12. The molecule has 0 spiro atoms. The van der Waals surface area contributed by atoms with E-state index >= 15 is 0 Å². The van der Waals surface area contributed by atoms with Gasteiger partial charge in [-0.25, -0.2) is 14.8 Å². The Bertz CT molecular complexity index is 2400. The van der Waals surface area contributed by atoms with E-state index < -0.39 is 24.4 Å². The number of hydrogen-bond donors (Lipinski definition) is 5. The van der Waals surface area contributed by atoms with Crippen LogP contribution in [-0.2, 0) is 9.53 Å². The van der Waals surface area contributed by atoms with E-state index in [1.54, 1.807) is 0 Å². The second kappa shape index (κ2) is 17.5. The third kappa shape index (κ3) is 7.85. The van der Waals surface area contributed by atoms with Gasteiger partial charge in [-0.15, -0.1) is 0 Å². The van der Waals surface area contributed by atoms with Gasteiger partial charge in [0.2, 0.25) is 5.91 Å². The van der Waals surface area contributed by atoms with Gasteiger partial charge in [0.15, 0.2) is 6.23 Å². The number of nitrogens with one attached hydrogen (secondary N) is 3. The lowest BCUT2D eigenvalue weighted by Gasteiger charge is -2.35. The fourth-order valence-electron chi connectivity index (χ4n) is 9.52. The number of methoxy groups -OCH3 is 1. The minimum Gasteiger partial charge on any atom is -0.469 e. The first-order valence-electron chi connectivity index (χ1n) is 22.0. The second-order valence-corrected chi connectivity index (χ2v) is 17.5. The number of ether oxygens (including phenoxy) is 2. The summed E-state index contributed by atoms with van der Waals surface area (Å²) < 4.78 is 14.1. The van der Waals surface area contributed by atoms with Crippen molar-refractivity contribution >= 4 is 29.0 Å². The van der Waals surface area contributed by atoms with Crippen LogP contribution in [0.3, 0.4) is 0 Å². The summed E-state index contributed by atoms with van der Waals surface area (Å²) in [5.74, 6) is 2.37. The quantitative estimate of drug-likeness (QED) is 0.0736. The van der Waals surface area contributed by atoms with Gasteiger partial charge in [0.25, 0.3) is 0 Å². The van der Waals surface area contributed by atoms with Crippen molar-refractivity contribution in [3.05, 3.63) is 72.6 Å². The predicted octanol–water partition coefficient (Wildman–Crippen LogP) is 8.30. The maximum atomic E-state index is 13.3. The zero-order chi connectivity index (χ0) is 43.1. The molecule has 14 nitrogen and oxygen atoms in total. The smallest absolute Gasteiger partial charge is 0.407 e. The van der Waals surface area contributed by atoms with Crippen molar-refractivity contribution in [3.63, 3.8) is 0 Å². The van der Waals surface area contributed by atoms with E-state index in [-0.39, 0.29) is 36.1 Å². The lowest BCUT2D eigenvalue weighted by molar-refractivity contribution is -0.134. The largest absolute Gasteiger partial charge is 0.469 e. The zero-order valence-corrected chi connectivity index (χ0v) is 36.3. The fraction of sp³-hybridized carbons (Fsp3) is 0.489. The number of nitrogens with zero attached hydrogens (tertiary/aromatic N) is 5. The number of nitrogens with two attached hydrogens (primary N) is 1. The van der Waals surface area contributed by atoms with E-state index in [4.69, 9.17) is 25.2 Å². The van der Waals surface area contributed by atoms with Gasteiger partial charge in [-0.1, -0.05) is 65.8 Å². The Balaban J connectivity index is 1.10. The maximum absolute atomic E-state index is 13.3. The molecule has 6 N–H and O–H groups in total. The SMILES string of the molecule is C=Cc1c2n(c3ccc(-c4cnc(C5CCCN5C(O)C(NC(=O)OC)C(C)C)[nH]4)cc13)C(CCCC)Oc1cc(-c3cnc(C4CCCN4C(=O)C(N)C(C)C)[nH]3)ccc1-2. The minimum absolute atomic E-state index is 0.0193. The number of imidazole rings is 2. The van der Waals surface area contributed by atoms with E-state index in [2.05, 4.69) is 69.8 Å². The molecule has 324 valence electrons. The molecule has 2 saturated heterocycles. The van der Waals surface area contributed by atoms with E-state index in [9.17, 15) is 14.7 Å². The third-order valence-electron chi connectivity index (χ3n) is 13.0. The number of fused-ring (bicyclic) bond motifs is 5. The molecule has 0 radical (unpaired) electrons. The number of rotatable bonds is 14. The first kappa shape index (κ1) is 42.3. The molecule has 0 aliphatic carbocycles. The highest BCUT2D eigenvalue weighted by molar-refractivity contribution is 6.01. The number of carbonyl (C=O) groups excluding carboxylic acids is 2. The van der Waals surface area contributed by atoms with Crippen molar-refractivity contribution in [1.29, 1.82) is 0 Å². The van der Waals surface area contributed by atoms with Crippen LogP contribution in [0.5, 0.6) is 5.75 Å². The topological polar surface area (TPSA) is 180 Å². The molecule has 0 bridgehead atoms. The van der Waals surface area contributed by atoms with Crippen LogP contribution in [0, 0.1) is 11.8 Å². The van der Waals surface area contributed by atoms with Crippen molar-refractivity contribution in [2.45, 2.75) is 116 Å². The highest BCUT2D eigenvalue weighted by Gasteiger charge is 2.39. The number of benzene rings is 2. The van der Waals surface area contributed by atoms with Crippen LogP contribution in [0.15, 0.2) is 55.4 Å². The summed E-state index contributed by atoms with van der Waals surface area (Å²) in [5, 5.41) is 15.4. The molecular weight excluding hydrogens is 771 g/mol. The first-order valence-corrected chi connectivity index (χ1v) is 22.0. The standard InChI is InChI=1S/C47H61N9O5/c1-8-10-15-39-56-35-19-17-28(33-24-49-44(51-33)37-14-12-21-55(37)46(58)41(27(5)6)53-47(59)60-7)22-32(35)30(9-2)42(56)31-18-16-29(23-38(31)61-39)34-25-50-43(52-34)36-13-11-20-54(36)45(57)40(48)26(3)4/h9,16-19,22-27,36-37,39-41,46,58H,2,8,10-15,20-21,48H2,1,3-7H3,(H,49,51)(H,50,52)(H,53,59). The number of H-pyrrole nitrogens is 2. The Morgan fingerprint density at radius 2 is 1.67 bits per heavy atom. The summed E-state index contributed by atoms with van der Waals surface area (Å²) in [6.45, 7) is 15.8. The monoisotopic (exact) mass is 831 g/mol. The minimum atomic E-state index is -0.910. The number of alkyl carbamates (subject to hydrolysis) is 1.